The molecule has 0 fully saturated rings. The molecule has 0 aliphatic heterocycles. The van der Waals surface area contributed by atoms with E-state index in [-0.39, 0.29) is 11.7 Å². The van der Waals surface area contributed by atoms with Gasteiger partial charge in [0, 0.05) is 25.1 Å². The van der Waals surface area contributed by atoms with Crippen LogP contribution >= 0.6 is 11.8 Å². The highest BCUT2D eigenvalue weighted by Gasteiger charge is 2.27. The summed E-state index contributed by atoms with van der Waals surface area (Å²) in [6.45, 7) is 7.61. The van der Waals surface area contributed by atoms with Crippen LogP contribution in [-0.4, -0.2) is 38.7 Å². The highest BCUT2D eigenvalue weighted by Crippen LogP contribution is 2.23. The van der Waals surface area contributed by atoms with Crippen molar-refractivity contribution in [3.05, 3.63) is 41.7 Å². The summed E-state index contributed by atoms with van der Waals surface area (Å²) in [5.41, 5.74) is 2.66. The van der Waals surface area contributed by atoms with Gasteiger partial charge in [-0.1, -0.05) is 17.8 Å². The quantitative estimate of drug-likeness (QED) is 0.782. The molecule has 126 valence electrons. The van der Waals surface area contributed by atoms with Gasteiger partial charge in [-0.25, -0.2) is 4.98 Å². The van der Waals surface area contributed by atoms with Gasteiger partial charge in [-0.05, 0) is 51.0 Å². The van der Waals surface area contributed by atoms with Gasteiger partial charge < -0.3 is 4.90 Å². The molecule has 0 unspecified atom stereocenters. The average molecular weight is 342 g/mol. The number of benzene rings is 1. The molecule has 0 spiro atoms. The number of carbonyl (C=O) groups is 1. The molecule has 24 heavy (non-hydrogen) atoms. The van der Waals surface area contributed by atoms with E-state index in [4.69, 9.17) is 5.26 Å². The third kappa shape index (κ3) is 3.80. The summed E-state index contributed by atoms with van der Waals surface area (Å²) in [6, 6.07) is 8.36. The molecule has 5 nitrogen and oxygen atoms in total. The number of aryl methyl sites for hydroxylation is 2. The highest BCUT2D eigenvalue weighted by molar-refractivity contribution is 7.99. The van der Waals surface area contributed by atoms with Gasteiger partial charge in [0.1, 0.15) is 5.54 Å². The maximum atomic E-state index is 12.3. The number of carbonyl (C=O) groups excluding carboxylic acids is 1. The fraction of sp³-hybridized carbons (Fsp3) is 0.389. The van der Waals surface area contributed by atoms with Gasteiger partial charge in [0.25, 0.3) is 0 Å². The lowest BCUT2D eigenvalue weighted by atomic mass is 10.1. The second-order valence-electron chi connectivity index (χ2n) is 6.26. The number of thioether (sulfide) groups is 1. The number of hydrogen-bond donors (Lipinski definition) is 0. The van der Waals surface area contributed by atoms with Gasteiger partial charge in [-0.3, -0.25) is 9.36 Å². The van der Waals surface area contributed by atoms with Crippen LogP contribution in [0.1, 0.15) is 25.0 Å². The van der Waals surface area contributed by atoms with Crippen LogP contribution in [0.5, 0.6) is 0 Å². The maximum Gasteiger partial charge on any atom is 0.234 e. The zero-order valence-corrected chi connectivity index (χ0v) is 15.5. The lowest BCUT2D eigenvalue weighted by Gasteiger charge is -2.28. The van der Waals surface area contributed by atoms with Gasteiger partial charge in [0.15, 0.2) is 5.16 Å². The first-order valence-electron chi connectivity index (χ1n) is 7.68. The summed E-state index contributed by atoms with van der Waals surface area (Å²) in [5, 5.41) is 9.90. The Morgan fingerprint density at radius 2 is 2.08 bits per heavy atom. The topological polar surface area (TPSA) is 61.9 Å². The Kier molecular flexibility index (Phi) is 5.35. The summed E-state index contributed by atoms with van der Waals surface area (Å²) in [7, 11) is 1.65. The van der Waals surface area contributed by atoms with E-state index >= 15 is 0 Å². The Morgan fingerprint density at radius 1 is 1.38 bits per heavy atom. The summed E-state index contributed by atoms with van der Waals surface area (Å²) >= 11 is 1.37. The van der Waals surface area contributed by atoms with Crippen molar-refractivity contribution in [1.29, 1.82) is 5.26 Å². The standard InChI is InChI=1S/C18H22N4OS/c1-13-6-7-15(10-14(13)2)22-9-8-20-17(22)24-11-16(23)21(5)18(3,4)12-19/h6-10H,11H2,1-5H3. The molecule has 2 aromatic rings. The number of nitriles is 1. The minimum Gasteiger partial charge on any atom is -0.327 e. The molecule has 1 aromatic heterocycles. The minimum atomic E-state index is -0.818. The first-order valence-corrected chi connectivity index (χ1v) is 8.66. The van der Waals surface area contributed by atoms with E-state index in [0.717, 1.165) is 10.8 Å². The van der Waals surface area contributed by atoms with Crippen molar-refractivity contribution < 1.29 is 4.79 Å². The molecule has 0 saturated carbocycles. The number of rotatable bonds is 5. The monoisotopic (exact) mass is 342 g/mol. The smallest absolute Gasteiger partial charge is 0.234 e. The molecule has 1 amide bonds. The molecule has 6 heteroatoms. The van der Waals surface area contributed by atoms with E-state index in [1.54, 1.807) is 27.1 Å². The van der Waals surface area contributed by atoms with Crippen LogP contribution in [0, 0.1) is 25.2 Å². The largest absolute Gasteiger partial charge is 0.327 e. The SMILES string of the molecule is Cc1ccc(-n2ccnc2SCC(=O)N(C)C(C)(C)C#N)cc1C. The second-order valence-corrected chi connectivity index (χ2v) is 7.20. The maximum absolute atomic E-state index is 12.3. The van der Waals surface area contributed by atoms with Crippen molar-refractivity contribution in [3.8, 4) is 11.8 Å². The van der Waals surface area contributed by atoms with Crippen LogP contribution in [0.2, 0.25) is 0 Å². The lowest BCUT2D eigenvalue weighted by Crippen LogP contribution is -2.44. The molecule has 0 N–H and O–H groups in total. The Bertz CT molecular complexity index is 789. The van der Waals surface area contributed by atoms with Crippen molar-refractivity contribution in [1.82, 2.24) is 14.5 Å². The molecule has 0 aliphatic carbocycles. The Balaban J connectivity index is 2.13. The Morgan fingerprint density at radius 3 is 2.71 bits per heavy atom. The Labute approximate surface area is 147 Å². The molecule has 0 atom stereocenters. The molecule has 0 radical (unpaired) electrons. The van der Waals surface area contributed by atoms with Gasteiger partial charge in [0.05, 0.1) is 11.8 Å². The number of imidazole rings is 1. The summed E-state index contributed by atoms with van der Waals surface area (Å²) in [5.74, 6) is 0.143. The van der Waals surface area contributed by atoms with E-state index in [2.05, 4.69) is 37.0 Å². The molecule has 0 bridgehead atoms. The first-order chi connectivity index (χ1) is 11.3. The fourth-order valence-electron chi connectivity index (χ4n) is 2.08. The molecule has 1 heterocycles. The predicted molar refractivity (Wildman–Crippen MR) is 96.2 cm³/mol. The van der Waals surface area contributed by atoms with E-state index in [9.17, 15) is 4.79 Å². The van der Waals surface area contributed by atoms with Gasteiger partial charge in [-0.15, -0.1) is 0 Å². The third-order valence-electron chi connectivity index (χ3n) is 4.19. The minimum absolute atomic E-state index is 0.0961. The number of hydrogen-bond acceptors (Lipinski definition) is 4. The molecule has 1 aromatic carbocycles. The molecule has 0 aliphatic rings. The van der Waals surface area contributed by atoms with E-state index in [0.29, 0.717) is 0 Å². The summed E-state index contributed by atoms with van der Waals surface area (Å²) in [6.07, 6.45) is 3.62. The zero-order valence-electron chi connectivity index (χ0n) is 14.7. The highest BCUT2D eigenvalue weighted by atomic mass is 32.2. The van der Waals surface area contributed by atoms with Crippen molar-refractivity contribution >= 4 is 17.7 Å². The summed E-state index contributed by atoms with van der Waals surface area (Å²) in [4.78, 5) is 18.1. The number of nitrogens with zero attached hydrogens (tertiary/aromatic N) is 4. The molecule has 2 rings (SSSR count). The number of aromatic nitrogens is 2. The van der Waals surface area contributed by atoms with E-state index in [1.165, 1.54) is 27.8 Å². The van der Waals surface area contributed by atoms with Crippen LogP contribution in [-0.2, 0) is 4.79 Å². The first kappa shape index (κ1) is 18.1. The normalized spacial score (nSPS) is 11.2. The second kappa shape index (κ2) is 7.10. The molecular weight excluding hydrogens is 320 g/mol. The van der Waals surface area contributed by atoms with Crippen LogP contribution in [0.4, 0.5) is 0 Å². The van der Waals surface area contributed by atoms with Crippen LogP contribution in [0.3, 0.4) is 0 Å². The molecule has 0 saturated heterocycles. The lowest BCUT2D eigenvalue weighted by molar-refractivity contribution is -0.130. The fourth-order valence-corrected chi connectivity index (χ4v) is 2.97. The third-order valence-corrected chi connectivity index (χ3v) is 5.14. The summed E-state index contributed by atoms with van der Waals surface area (Å²) < 4.78 is 1.97. The molecular formula is C18H22N4OS. The van der Waals surface area contributed by atoms with Gasteiger partial charge in [0.2, 0.25) is 5.91 Å². The van der Waals surface area contributed by atoms with E-state index < -0.39 is 5.54 Å². The van der Waals surface area contributed by atoms with Crippen LogP contribution in [0.25, 0.3) is 5.69 Å². The van der Waals surface area contributed by atoms with Crippen LogP contribution < -0.4 is 0 Å². The van der Waals surface area contributed by atoms with Crippen LogP contribution in [0.15, 0.2) is 35.7 Å². The van der Waals surface area contributed by atoms with E-state index in [1.807, 2.05) is 16.8 Å². The van der Waals surface area contributed by atoms with Gasteiger partial charge in [-0.2, -0.15) is 5.26 Å². The van der Waals surface area contributed by atoms with Gasteiger partial charge >= 0.3 is 0 Å². The average Bonchev–Trinajstić information content (AvgIpc) is 3.02. The van der Waals surface area contributed by atoms with Crippen molar-refractivity contribution in [3.63, 3.8) is 0 Å². The zero-order chi connectivity index (χ0) is 17.9. The van der Waals surface area contributed by atoms with Crippen molar-refractivity contribution in [2.45, 2.75) is 38.4 Å². The Hall–Kier alpha value is -2.26. The predicted octanol–water partition coefficient (Wildman–Crippen LogP) is 3.34. The van der Waals surface area contributed by atoms with Crippen molar-refractivity contribution in [2.24, 2.45) is 0 Å². The van der Waals surface area contributed by atoms with Crippen molar-refractivity contribution in [2.75, 3.05) is 12.8 Å². The number of amides is 1.